The van der Waals surface area contributed by atoms with Gasteiger partial charge >= 0.3 is 0 Å². The molecule has 4 aromatic rings. The van der Waals surface area contributed by atoms with Crippen molar-refractivity contribution in [2.24, 2.45) is 0 Å². The van der Waals surface area contributed by atoms with Crippen molar-refractivity contribution in [1.82, 2.24) is 24.9 Å². The number of carbonyl (C=O) groups excluding carboxylic acids is 1. The number of anilines is 2. The first kappa shape index (κ1) is 21.5. The molecule has 3 aromatic heterocycles. The molecule has 1 amide bonds. The normalized spacial score (nSPS) is 18.2. The fourth-order valence-corrected chi connectivity index (χ4v) is 5.08. The van der Waals surface area contributed by atoms with Gasteiger partial charge in [-0.3, -0.25) is 4.79 Å². The van der Waals surface area contributed by atoms with Crippen molar-refractivity contribution in [3.8, 4) is 11.4 Å². The summed E-state index contributed by atoms with van der Waals surface area (Å²) in [7, 11) is 0. The van der Waals surface area contributed by atoms with Crippen LogP contribution >= 0.6 is 0 Å². The van der Waals surface area contributed by atoms with Crippen molar-refractivity contribution in [3.05, 3.63) is 72.2 Å². The Balaban J connectivity index is 1.29. The first-order valence-corrected chi connectivity index (χ1v) is 11.9. The molecule has 0 saturated carbocycles. The summed E-state index contributed by atoms with van der Waals surface area (Å²) in [5.74, 6) is 1.47. The van der Waals surface area contributed by atoms with Gasteiger partial charge in [0.1, 0.15) is 23.1 Å². The molecule has 5 heterocycles. The summed E-state index contributed by atoms with van der Waals surface area (Å²) in [5, 5.41) is 7.87. The molecule has 1 N–H and O–H groups in total. The third-order valence-corrected chi connectivity index (χ3v) is 6.74. The van der Waals surface area contributed by atoms with Crippen molar-refractivity contribution in [2.75, 3.05) is 29.4 Å². The summed E-state index contributed by atoms with van der Waals surface area (Å²) in [6.07, 6.45) is 3.78. The molecule has 0 bridgehead atoms. The van der Waals surface area contributed by atoms with Gasteiger partial charge in [0.2, 0.25) is 5.91 Å². The van der Waals surface area contributed by atoms with Crippen LogP contribution in [0.25, 0.3) is 17.0 Å². The molecule has 8 nitrogen and oxygen atoms in total. The Labute approximate surface area is 202 Å². The van der Waals surface area contributed by atoms with Crippen LogP contribution in [0.2, 0.25) is 0 Å². The SMILES string of the molecule is CC(=O)NC1CN(c2cccc(-c3cnc4ccc(N5CCCC5c5cccc(F)c5)nn34)n2)C1. The van der Waals surface area contributed by atoms with Crippen molar-refractivity contribution in [1.29, 1.82) is 0 Å². The zero-order valence-corrected chi connectivity index (χ0v) is 19.4. The van der Waals surface area contributed by atoms with Crippen LogP contribution < -0.4 is 15.1 Å². The monoisotopic (exact) mass is 471 g/mol. The summed E-state index contributed by atoms with van der Waals surface area (Å²) < 4.78 is 15.7. The number of hydrogen-bond acceptors (Lipinski definition) is 6. The van der Waals surface area contributed by atoms with Gasteiger partial charge in [-0.1, -0.05) is 18.2 Å². The maximum Gasteiger partial charge on any atom is 0.217 e. The zero-order valence-electron chi connectivity index (χ0n) is 19.4. The smallest absolute Gasteiger partial charge is 0.217 e. The average Bonchev–Trinajstić information content (AvgIpc) is 3.48. The number of benzene rings is 1. The van der Waals surface area contributed by atoms with Gasteiger partial charge in [-0.15, -0.1) is 5.10 Å². The molecular formula is C26H26FN7O. The first-order chi connectivity index (χ1) is 17.0. The Morgan fingerprint density at radius 2 is 1.94 bits per heavy atom. The van der Waals surface area contributed by atoms with E-state index in [1.54, 1.807) is 18.3 Å². The van der Waals surface area contributed by atoms with Gasteiger partial charge in [-0.05, 0) is 54.8 Å². The fraction of sp³-hybridized carbons (Fsp3) is 0.308. The van der Waals surface area contributed by atoms with Crippen LogP contribution in [0.5, 0.6) is 0 Å². The highest BCUT2D eigenvalue weighted by molar-refractivity contribution is 5.73. The molecule has 1 aromatic carbocycles. The maximum absolute atomic E-state index is 13.9. The molecule has 178 valence electrons. The van der Waals surface area contributed by atoms with Gasteiger partial charge in [-0.2, -0.15) is 0 Å². The largest absolute Gasteiger partial charge is 0.352 e. The lowest BCUT2D eigenvalue weighted by atomic mass is 10.0. The lowest BCUT2D eigenvalue weighted by Gasteiger charge is -2.40. The summed E-state index contributed by atoms with van der Waals surface area (Å²) in [5.41, 5.74) is 3.30. The van der Waals surface area contributed by atoms with Crippen LogP contribution in [-0.2, 0) is 4.79 Å². The average molecular weight is 472 g/mol. The molecule has 2 fully saturated rings. The summed E-state index contributed by atoms with van der Waals surface area (Å²) >= 11 is 0. The Hall–Kier alpha value is -4.01. The van der Waals surface area contributed by atoms with E-state index >= 15 is 0 Å². The molecule has 0 aliphatic carbocycles. The lowest BCUT2D eigenvalue weighted by molar-refractivity contribution is -0.119. The van der Waals surface area contributed by atoms with Crippen molar-refractivity contribution < 1.29 is 9.18 Å². The minimum Gasteiger partial charge on any atom is -0.352 e. The number of nitrogens with one attached hydrogen (secondary N) is 1. The quantitative estimate of drug-likeness (QED) is 0.479. The van der Waals surface area contributed by atoms with Crippen molar-refractivity contribution in [2.45, 2.75) is 31.8 Å². The molecule has 6 rings (SSSR count). The van der Waals surface area contributed by atoms with Gasteiger partial charge in [-0.25, -0.2) is 18.9 Å². The Kier molecular flexibility index (Phi) is 5.32. The van der Waals surface area contributed by atoms with Gasteiger partial charge in [0.05, 0.1) is 24.0 Å². The third-order valence-electron chi connectivity index (χ3n) is 6.74. The number of imidazole rings is 1. The fourth-order valence-electron chi connectivity index (χ4n) is 5.08. The molecule has 0 radical (unpaired) electrons. The summed E-state index contributed by atoms with van der Waals surface area (Å²) in [6, 6.07) is 16.9. The molecular weight excluding hydrogens is 445 g/mol. The Bertz CT molecular complexity index is 1400. The molecule has 2 aliphatic heterocycles. The number of halogens is 1. The number of carbonyl (C=O) groups is 1. The second kappa shape index (κ2) is 8.65. The van der Waals surface area contributed by atoms with E-state index < -0.39 is 0 Å². The zero-order chi connectivity index (χ0) is 23.9. The van der Waals surface area contributed by atoms with Crippen LogP contribution in [0.1, 0.15) is 31.4 Å². The summed E-state index contributed by atoms with van der Waals surface area (Å²) in [4.78, 5) is 25.1. The molecule has 1 atom stereocenters. The minimum atomic E-state index is -0.216. The lowest BCUT2D eigenvalue weighted by Crippen LogP contribution is -2.59. The number of fused-ring (bicyclic) bond motifs is 1. The minimum absolute atomic E-state index is 0.0124. The van der Waals surface area contributed by atoms with Gasteiger partial charge in [0.15, 0.2) is 5.65 Å². The third kappa shape index (κ3) is 4.07. The molecule has 9 heteroatoms. The van der Waals surface area contributed by atoms with Crippen molar-refractivity contribution >= 4 is 23.2 Å². The van der Waals surface area contributed by atoms with E-state index in [2.05, 4.69) is 20.1 Å². The van der Waals surface area contributed by atoms with E-state index in [-0.39, 0.29) is 23.8 Å². The molecule has 2 aliphatic rings. The predicted octanol–water partition coefficient (Wildman–Crippen LogP) is 3.60. The van der Waals surface area contributed by atoms with E-state index in [0.29, 0.717) is 0 Å². The number of nitrogens with zero attached hydrogens (tertiary/aromatic N) is 6. The van der Waals surface area contributed by atoms with Gasteiger partial charge < -0.3 is 15.1 Å². The second-order valence-corrected chi connectivity index (χ2v) is 9.19. The van der Waals surface area contributed by atoms with Crippen molar-refractivity contribution in [3.63, 3.8) is 0 Å². The van der Waals surface area contributed by atoms with E-state index in [1.165, 1.54) is 13.0 Å². The van der Waals surface area contributed by atoms with Crippen LogP contribution in [0.4, 0.5) is 16.0 Å². The van der Waals surface area contributed by atoms with Crippen LogP contribution in [0.15, 0.2) is 60.8 Å². The highest BCUT2D eigenvalue weighted by atomic mass is 19.1. The van der Waals surface area contributed by atoms with E-state index in [4.69, 9.17) is 10.1 Å². The molecule has 0 spiro atoms. The van der Waals surface area contributed by atoms with E-state index in [1.807, 2.05) is 40.9 Å². The van der Waals surface area contributed by atoms with Crippen LogP contribution in [0, 0.1) is 5.82 Å². The standard InChI is InChI=1S/C26H26FN7O/c1-17(35)29-20-15-32(16-20)25-9-3-7-21(30-25)23-14-28-24-10-11-26(31-34(23)24)33-12-4-8-22(33)18-5-2-6-19(27)13-18/h2-3,5-7,9-11,13-14,20,22H,4,8,12,15-16H2,1H3,(H,29,35). The van der Waals surface area contributed by atoms with Crippen LogP contribution in [0.3, 0.4) is 0 Å². The highest BCUT2D eigenvalue weighted by Gasteiger charge is 2.29. The Morgan fingerprint density at radius 3 is 2.77 bits per heavy atom. The maximum atomic E-state index is 13.9. The van der Waals surface area contributed by atoms with E-state index in [0.717, 1.165) is 66.7 Å². The highest BCUT2D eigenvalue weighted by Crippen LogP contribution is 2.35. The first-order valence-electron chi connectivity index (χ1n) is 11.9. The molecule has 2 saturated heterocycles. The summed E-state index contributed by atoms with van der Waals surface area (Å²) in [6.45, 7) is 3.88. The predicted molar refractivity (Wildman–Crippen MR) is 132 cm³/mol. The number of amides is 1. The van der Waals surface area contributed by atoms with Crippen LogP contribution in [-0.4, -0.2) is 51.2 Å². The topological polar surface area (TPSA) is 78.7 Å². The molecule has 35 heavy (non-hydrogen) atoms. The van der Waals surface area contributed by atoms with E-state index in [9.17, 15) is 9.18 Å². The molecule has 1 unspecified atom stereocenters. The van der Waals surface area contributed by atoms with Gasteiger partial charge in [0, 0.05) is 26.6 Å². The Morgan fingerprint density at radius 1 is 1.09 bits per heavy atom. The number of pyridine rings is 1. The number of rotatable bonds is 5. The van der Waals surface area contributed by atoms with Gasteiger partial charge in [0.25, 0.3) is 0 Å². The number of hydrogen-bond donors (Lipinski definition) is 1. The second-order valence-electron chi connectivity index (χ2n) is 9.19. The number of aromatic nitrogens is 4.